The number of hydrogen-bond donors (Lipinski definition) is 1. The Hall–Kier alpha value is -3.70. The number of nitrogens with zero attached hydrogens (tertiary/aromatic N) is 1. The van der Waals surface area contributed by atoms with Crippen LogP contribution in [0.3, 0.4) is 0 Å². The van der Waals surface area contributed by atoms with Gasteiger partial charge in [-0.25, -0.2) is 8.42 Å². The maximum absolute atomic E-state index is 13.8. The van der Waals surface area contributed by atoms with Gasteiger partial charge in [0.2, 0.25) is 0 Å². The number of sulfonamides is 1. The zero-order valence-electron chi connectivity index (χ0n) is 21.1. The molecule has 0 bridgehead atoms. The van der Waals surface area contributed by atoms with Crippen LogP contribution in [0, 0.1) is 6.92 Å². The van der Waals surface area contributed by atoms with Gasteiger partial charge in [-0.1, -0.05) is 124 Å². The van der Waals surface area contributed by atoms with Gasteiger partial charge in [0.25, 0.3) is 10.0 Å². The minimum Gasteiger partial charge on any atom is -0.263 e. The molecule has 184 valence electrons. The molecule has 0 aliphatic carbocycles. The quantitative estimate of drug-likeness (QED) is 0.236. The molecule has 1 N–H and O–H groups in total. The van der Waals surface area contributed by atoms with Crippen LogP contribution >= 0.6 is 0 Å². The molecule has 4 rings (SSSR count). The third kappa shape index (κ3) is 5.92. The van der Waals surface area contributed by atoms with Crippen LogP contribution in [0.1, 0.15) is 54.6 Å². The topological polar surface area (TPSA) is 58.5 Å². The summed E-state index contributed by atoms with van der Waals surface area (Å²) in [7, 11) is -3.91. The molecule has 0 fully saturated rings. The second-order valence-electron chi connectivity index (χ2n) is 9.90. The minimum atomic E-state index is -3.91. The molecule has 0 aliphatic rings. The van der Waals surface area contributed by atoms with Crippen molar-refractivity contribution in [1.82, 2.24) is 4.72 Å². The largest absolute Gasteiger partial charge is 0.263 e. The molecule has 4 aromatic rings. The average molecular weight is 497 g/mol. The van der Waals surface area contributed by atoms with E-state index >= 15 is 0 Å². The second-order valence-corrected chi connectivity index (χ2v) is 11.6. The minimum absolute atomic E-state index is 0.181. The molecule has 5 heteroatoms. The van der Waals surface area contributed by atoms with Crippen molar-refractivity contribution in [3.05, 3.63) is 137 Å². The van der Waals surface area contributed by atoms with Crippen LogP contribution in [-0.4, -0.2) is 14.3 Å². The summed E-state index contributed by atoms with van der Waals surface area (Å²) >= 11 is 0. The van der Waals surface area contributed by atoms with Crippen molar-refractivity contribution < 1.29 is 8.42 Å². The molecule has 4 nitrogen and oxygen atoms in total. The van der Waals surface area contributed by atoms with Gasteiger partial charge >= 0.3 is 0 Å². The summed E-state index contributed by atoms with van der Waals surface area (Å²) in [5.41, 5.74) is 4.11. The van der Waals surface area contributed by atoms with Gasteiger partial charge in [-0.3, -0.25) is 9.71 Å². The van der Waals surface area contributed by atoms with Gasteiger partial charge in [0.1, 0.15) is 11.9 Å². The summed E-state index contributed by atoms with van der Waals surface area (Å²) in [6.45, 7) is 8.03. The average Bonchev–Trinajstić information content (AvgIpc) is 2.87. The zero-order chi connectivity index (χ0) is 25.8. The first-order valence-electron chi connectivity index (χ1n) is 12.0. The van der Waals surface area contributed by atoms with Gasteiger partial charge in [-0.2, -0.15) is 0 Å². The summed E-state index contributed by atoms with van der Waals surface area (Å²) in [5.74, 6) is 0.300. The summed E-state index contributed by atoms with van der Waals surface area (Å²) in [4.78, 5) is 5.28. The fraction of sp³-hybridized carbons (Fsp3) is 0.194. The fourth-order valence-electron chi connectivity index (χ4n) is 4.04. The number of amidine groups is 1. The Bertz CT molecular complexity index is 1400. The summed E-state index contributed by atoms with van der Waals surface area (Å²) in [6, 6.07) is 34.5. The van der Waals surface area contributed by atoms with Crippen LogP contribution in [-0.2, 0) is 15.4 Å². The van der Waals surface area contributed by atoms with Gasteiger partial charge < -0.3 is 0 Å². The van der Waals surface area contributed by atoms with Crippen molar-refractivity contribution in [3.63, 3.8) is 0 Å². The van der Waals surface area contributed by atoms with E-state index in [1.165, 1.54) is 0 Å². The van der Waals surface area contributed by atoms with Crippen molar-refractivity contribution >= 4 is 15.9 Å². The fourth-order valence-corrected chi connectivity index (χ4v) is 5.34. The van der Waals surface area contributed by atoms with Crippen molar-refractivity contribution in [3.8, 4) is 0 Å². The molecule has 0 saturated carbocycles. The molecular weight excluding hydrogens is 464 g/mol. The number of hydrogen-bond acceptors (Lipinski definition) is 3. The molecule has 0 aliphatic heterocycles. The first kappa shape index (κ1) is 25.4. The summed E-state index contributed by atoms with van der Waals surface area (Å²) < 4.78 is 30.4. The maximum atomic E-state index is 13.8. The standard InChI is InChI=1S/C31H32N2O2S/c1-23-20-21-27(31(2,3)4)22-28(23)36(34,35)33-30(26-18-12-7-13-19-26)32-29(24-14-8-5-9-15-24)25-16-10-6-11-17-25/h5-22,29H,1-4H3,(H,32,33). The van der Waals surface area contributed by atoms with Crippen LogP contribution < -0.4 is 4.72 Å². The van der Waals surface area contributed by atoms with Gasteiger partial charge in [-0.15, -0.1) is 0 Å². The summed E-state index contributed by atoms with van der Waals surface area (Å²) in [6.07, 6.45) is 0. The number of aliphatic imine (C=N–C) groups is 1. The highest BCUT2D eigenvalue weighted by Crippen LogP contribution is 2.29. The lowest BCUT2D eigenvalue weighted by Crippen LogP contribution is -2.32. The number of aryl methyl sites for hydroxylation is 1. The van der Waals surface area contributed by atoms with Crippen molar-refractivity contribution in [2.45, 2.75) is 44.0 Å². The second kappa shape index (κ2) is 10.5. The van der Waals surface area contributed by atoms with Crippen LogP contribution in [0.2, 0.25) is 0 Å². The van der Waals surface area contributed by atoms with Crippen molar-refractivity contribution in [1.29, 1.82) is 0 Å². The van der Waals surface area contributed by atoms with E-state index in [4.69, 9.17) is 4.99 Å². The van der Waals surface area contributed by atoms with Crippen LogP contribution in [0.5, 0.6) is 0 Å². The SMILES string of the molecule is Cc1ccc(C(C)(C)C)cc1S(=O)(=O)NC(=NC(c1ccccc1)c1ccccc1)c1ccccc1. The zero-order valence-corrected chi connectivity index (χ0v) is 22.0. The number of nitrogens with one attached hydrogen (secondary N) is 1. The molecule has 0 unspecified atom stereocenters. The first-order chi connectivity index (χ1) is 17.1. The molecule has 0 aromatic heterocycles. The van der Waals surface area contributed by atoms with Gasteiger partial charge in [0.05, 0.1) is 4.90 Å². The third-order valence-electron chi connectivity index (χ3n) is 6.11. The molecule has 4 aromatic carbocycles. The predicted molar refractivity (Wildman–Crippen MR) is 148 cm³/mol. The Labute approximate surface area is 214 Å². The maximum Gasteiger partial charge on any atom is 0.263 e. The lowest BCUT2D eigenvalue weighted by Gasteiger charge is -2.22. The van der Waals surface area contributed by atoms with E-state index in [1.807, 2.05) is 110 Å². The predicted octanol–water partition coefficient (Wildman–Crippen LogP) is 6.81. The molecule has 0 atom stereocenters. The summed E-state index contributed by atoms with van der Waals surface area (Å²) in [5, 5.41) is 0. The van der Waals surface area contributed by atoms with E-state index in [1.54, 1.807) is 6.07 Å². The van der Waals surface area contributed by atoms with Crippen LogP contribution in [0.15, 0.2) is 119 Å². The lowest BCUT2D eigenvalue weighted by molar-refractivity contribution is 0.581. The van der Waals surface area contributed by atoms with Gasteiger partial charge in [0, 0.05) is 5.56 Å². The Kier molecular flexibility index (Phi) is 7.41. The van der Waals surface area contributed by atoms with E-state index in [-0.39, 0.29) is 16.4 Å². The smallest absolute Gasteiger partial charge is 0.263 e. The molecular formula is C31H32N2O2S. The molecule has 0 amide bonds. The van der Waals surface area contributed by atoms with Crippen molar-refractivity contribution in [2.75, 3.05) is 0 Å². The number of benzene rings is 4. The van der Waals surface area contributed by atoms with E-state index in [0.717, 1.165) is 16.7 Å². The van der Waals surface area contributed by atoms with E-state index in [9.17, 15) is 8.42 Å². The Morgan fingerprint density at radius 2 is 1.25 bits per heavy atom. The number of rotatable bonds is 6. The third-order valence-corrected chi connectivity index (χ3v) is 7.59. The van der Waals surface area contributed by atoms with Crippen molar-refractivity contribution in [2.24, 2.45) is 4.99 Å². The molecule has 0 heterocycles. The van der Waals surface area contributed by atoms with Gasteiger partial charge in [0.15, 0.2) is 0 Å². The van der Waals surface area contributed by atoms with E-state index in [0.29, 0.717) is 17.0 Å². The highest BCUT2D eigenvalue weighted by molar-refractivity contribution is 7.90. The highest BCUT2D eigenvalue weighted by atomic mass is 32.2. The van der Waals surface area contributed by atoms with Crippen LogP contribution in [0.25, 0.3) is 0 Å². The first-order valence-corrected chi connectivity index (χ1v) is 13.5. The normalized spacial score (nSPS) is 12.5. The Morgan fingerprint density at radius 1 is 0.750 bits per heavy atom. The molecule has 0 saturated heterocycles. The Balaban J connectivity index is 1.85. The van der Waals surface area contributed by atoms with Crippen LogP contribution in [0.4, 0.5) is 0 Å². The van der Waals surface area contributed by atoms with Gasteiger partial charge in [-0.05, 0) is 40.7 Å². The molecule has 0 spiro atoms. The highest BCUT2D eigenvalue weighted by Gasteiger charge is 2.24. The molecule has 36 heavy (non-hydrogen) atoms. The monoisotopic (exact) mass is 496 g/mol. The molecule has 0 radical (unpaired) electrons. The lowest BCUT2D eigenvalue weighted by atomic mass is 9.87. The van der Waals surface area contributed by atoms with E-state index in [2.05, 4.69) is 25.5 Å². The Morgan fingerprint density at radius 3 is 1.75 bits per heavy atom. The van der Waals surface area contributed by atoms with E-state index < -0.39 is 10.0 Å².